The van der Waals surface area contributed by atoms with E-state index in [4.69, 9.17) is 4.74 Å². The van der Waals surface area contributed by atoms with Crippen molar-refractivity contribution in [2.75, 3.05) is 20.2 Å². The van der Waals surface area contributed by atoms with Gasteiger partial charge in [0.15, 0.2) is 5.69 Å². The van der Waals surface area contributed by atoms with E-state index in [1.54, 1.807) is 4.90 Å². The number of amides is 1. The summed E-state index contributed by atoms with van der Waals surface area (Å²) in [7, 11) is 2.80. The molecule has 1 amide bonds. The molecule has 1 unspecified atom stereocenters. The second-order valence-corrected chi connectivity index (χ2v) is 5.01. The van der Waals surface area contributed by atoms with Gasteiger partial charge in [0.05, 0.1) is 20.1 Å². The molecule has 0 saturated carbocycles. The van der Waals surface area contributed by atoms with Crippen LogP contribution >= 0.6 is 0 Å². The molecule has 1 aliphatic heterocycles. The molecule has 1 saturated heterocycles. The van der Waals surface area contributed by atoms with Crippen LogP contribution in [0.2, 0.25) is 0 Å². The fourth-order valence-electron chi connectivity index (χ4n) is 2.58. The van der Waals surface area contributed by atoms with E-state index in [-0.39, 0.29) is 35.9 Å². The number of piperidine rings is 1. The number of nitrogens with zero attached hydrogens (tertiary/aromatic N) is 3. The molecule has 1 aromatic heterocycles. The number of aromatic nitrogens is 1. The Morgan fingerprint density at radius 1 is 1.43 bits per heavy atom. The number of likely N-dealkylation sites (tertiary alicyclic amines) is 1. The first-order chi connectivity index (χ1) is 9.95. The summed E-state index contributed by atoms with van der Waals surface area (Å²) in [6.45, 7) is 0.815. The minimum absolute atomic E-state index is 0.139. The zero-order valence-electron chi connectivity index (χ0n) is 11.9. The van der Waals surface area contributed by atoms with Gasteiger partial charge in [-0.25, -0.2) is 4.57 Å². The molecule has 8 heteroatoms. The molecule has 114 valence electrons. The van der Waals surface area contributed by atoms with Crippen LogP contribution in [0.3, 0.4) is 0 Å². The van der Waals surface area contributed by atoms with E-state index in [9.17, 15) is 19.7 Å². The molecular weight excluding hydrogens is 278 g/mol. The molecule has 0 spiro atoms. The van der Waals surface area contributed by atoms with Crippen molar-refractivity contribution in [3.05, 3.63) is 27.9 Å². The summed E-state index contributed by atoms with van der Waals surface area (Å²) in [6.07, 6.45) is 1.39. The predicted octanol–water partition coefficient (Wildman–Crippen LogP) is 0.958. The summed E-state index contributed by atoms with van der Waals surface area (Å²) in [5.74, 6) is -1.10. The molecule has 2 heterocycles. The van der Waals surface area contributed by atoms with Gasteiger partial charge in [-0.1, -0.05) is 0 Å². The van der Waals surface area contributed by atoms with Gasteiger partial charge >= 0.3 is 11.8 Å². The molecule has 1 aromatic rings. The normalized spacial score (nSPS) is 18.4. The first-order valence-electron chi connectivity index (χ1n) is 6.63. The Kier molecular flexibility index (Phi) is 4.25. The molecule has 0 aliphatic carbocycles. The highest BCUT2D eigenvalue weighted by molar-refractivity contribution is 5.93. The number of hydrogen-bond donors (Lipinski definition) is 0. The fraction of sp³-hybridized carbons (Fsp3) is 0.538. The third-order valence-electron chi connectivity index (χ3n) is 3.74. The first-order valence-corrected chi connectivity index (χ1v) is 6.63. The fourth-order valence-corrected chi connectivity index (χ4v) is 2.58. The highest BCUT2D eigenvalue weighted by atomic mass is 16.6. The van der Waals surface area contributed by atoms with Gasteiger partial charge in [-0.05, 0) is 23.8 Å². The van der Waals surface area contributed by atoms with E-state index < -0.39 is 4.92 Å². The molecule has 0 radical (unpaired) electrons. The minimum atomic E-state index is -0.537. The molecular formula is C13H17N3O5. The second kappa shape index (κ2) is 5.94. The van der Waals surface area contributed by atoms with Crippen LogP contribution in [-0.4, -0.2) is 46.5 Å². The molecule has 0 bridgehead atoms. The van der Waals surface area contributed by atoms with Gasteiger partial charge < -0.3 is 19.8 Å². The summed E-state index contributed by atoms with van der Waals surface area (Å²) >= 11 is 0. The summed E-state index contributed by atoms with van der Waals surface area (Å²) in [5, 5.41) is 10.8. The quantitative estimate of drug-likeness (QED) is 0.470. The molecule has 0 aromatic carbocycles. The molecule has 1 fully saturated rings. The van der Waals surface area contributed by atoms with Crippen molar-refractivity contribution in [3.63, 3.8) is 0 Å². The van der Waals surface area contributed by atoms with Crippen LogP contribution in [0.15, 0.2) is 12.1 Å². The van der Waals surface area contributed by atoms with E-state index in [0.717, 1.165) is 0 Å². The zero-order valence-corrected chi connectivity index (χ0v) is 11.9. The number of esters is 1. The molecule has 21 heavy (non-hydrogen) atoms. The van der Waals surface area contributed by atoms with Crippen LogP contribution in [0.25, 0.3) is 0 Å². The van der Waals surface area contributed by atoms with Crippen molar-refractivity contribution in [2.24, 2.45) is 13.0 Å². The minimum Gasteiger partial charge on any atom is -0.469 e. The Hall–Kier alpha value is -2.38. The lowest BCUT2D eigenvalue weighted by atomic mass is 9.98. The number of hydrogen-bond acceptors (Lipinski definition) is 5. The average molecular weight is 295 g/mol. The van der Waals surface area contributed by atoms with Gasteiger partial charge in [0, 0.05) is 19.2 Å². The number of nitro groups is 1. The lowest BCUT2D eigenvalue weighted by Crippen LogP contribution is -2.43. The van der Waals surface area contributed by atoms with Crippen LogP contribution < -0.4 is 0 Å². The third kappa shape index (κ3) is 2.88. The Bertz CT molecular complexity index is 580. The maximum absolute atomic E-state index is 12.4. The van der Waals surface area contributed by atoms with Crippen LogP contribution in [0.4, 0.5) is 5.82 Å². The lowest BCUT2D eigenvalue weighted by Gasteiger charge is -2.30. The summed E-state index contributed by atoms with van der Waals surface area (Å²) < 4.78 is 5.97. The summed E-state index contributed by atoms with van der Waals surface area (Å²) in [6, 6.07) is 2.73. The Labute approximate surface area is 121 Å². The third-order valence-corrected chi connectivity index (χ3v) is 3.74. The first kappa shape index (κ1) is 15.0. The van der Waals surface area contributed by atoms with E-state index in [2.05, 4.69) is 0 Å². The van der Waals surface area contributed by atoms with E-state index in [1.807, 2.05) is 0 Å². The topological polar surface area (TPSA) is 94.7 Å². The van der Waals surface area contributed by atoms with Gasteiger partial charge in [0.25, 0.3) is 5.91 Å². The number of carbonyl (C=O) groups is 2. The summed E-state index contributed by atoms with van der Waals surface area (Å²) in [5.41, 5.74) is 0.243. The SMILES string of the molecule is COC(=O)C1CCCN(C(=O)c2ccc([N+](=O)[O-])n2C)C1. The molecule has 0 N–H and O–H groups in total. The van der Waals surface area contributed by atoms with E-state index in [0.29, 0.717) is 19.4 Å². The van der Waals surface area contributed by atoms with Crippen LogP contribution in [0.5, 0.6) is 0 Å². The van der Waals surface area contributed by atoms with Crippen molar-refractivity contribution in [1.29, 1.82) is 0 Å². The molecule has 1 aliphatic rings. The maximum Gasteiger partial charge on any atom is 0.323 e. The largest absolute Gasteiger partial charge is 0.469 e. The number of carbonyl (C=O) groups excluding carboxylic acids is 2. The van der Waals surface area contributed by atoms with E-state index in [1.165, 1.54) is 30.9 Å². The summed E-state index contributed by atoms with van der Waals surface area (Å²) in [4.78, 5) is 35.8. The van der Waals surface area contributed by atoms with Gasteiger partial charge in [-0.3, -0.25) is 9.59 Å². The van der Waals surface area contributed by atoms with Crippen molar-refractivity contribution in [1.82, 2.24) is 9.47 Å². The van der Waals surface area contributed by atoms with Gasteiger partial charge in [-0.2, -0.15) is 0 Å². The molecule has 8 nitrogen and oxygen atoms in total. The Balaban J connectivity index is 2.16. The lowest BCUT2D eigenvalue weighted by molar-refractivity contribution is -0.391. The monoisotopic (exact) mass is 295 g/mol. The van der Waals surface area contributed by atoms with Crippen molar-refractivity contribution in [2.45, 2.75) is 12.8 Å². The highest BCUT2D eigenvalue weighted by Gasteiger charge is 2.32. The van der Waals surface area contributed by atoms with Crippen LogP contribution in [-0.2, 0) is 16.6 Å². The predicted molar refractivity (Wildman–Crippen MR) is 72.7 cm³/mol. The van der Waals surface area contributed by atoms with Gasteiger partial charge in [0.2, 0.25) is 0 Å². The number of ether oxygens (including phenoxy) is 1. The van der Waals surface area contributed by atoms with Crippen molar-refractivity contribution >= 4 is 17.7 Å². The standard InChI is InChI=1S/C13H17N3O5/c1-14-10(5-6-11(14)16(19)20)12(17)15-7-3-4-9(8-15)13(18)21-2/h5-6,9H,3-4,7-8H2,1-2H3. The van der Waals surface area contributed by atoms with E-state index >= 15 is 0 Å². The Morgan fingerprint density at radius 3 is 2.71 bits per heavy atom. The van der Waals surface area contributed by atoms with Crippen LogP contribution in [0, 0.1) is 16.0 Å². The maximum atomic E-state index is 12.4. The smallest absolute Gasteiger partial charge is 0.323 e. The van der Waals surface area contributed by atoms with Crippen molar-refractivity contribution in [3.8, 4) is 0 Å². The zero-order chi connectivity index (χ0) is 15.6. The highest BCUT2D eigenvalue weighted by Crippen LogP contribution is 2.22. The van der Waals surface area contributed by atoms with Gasteiger partial charge in [0.1, 0.15) is 0 Å². The van der Waals surface area contributed by atoms with Gasteiger partial charge in [-0.15, -0.1) is 0 Å². The number of rotatable bonds is 3. The Morgan fingerprint density at radius 2 is 2.14 bits per heavy atom. The molecule has 2 rings (SSSR count). The van der Waals surface area contributed by atoms with Crippen LogP contribution in [0.1, 0.15) is 23.3 Å². The second-order valence-electron chi connectivity index (χ2n) is 5.01. The number of methoxy groups -OCH3 is 1. The molecule has 1 atom stereocenters. The average Bonchev–Trinajstić information content (AvgIpc) is 2.87. The van der Waals surface area contributed by atoms with Crippen molar-refractivity contribution < 1.29 is 19.2 Å².